The van der Waals surface area contributed by atoms with Crippen molar-refractivity contribution in [2.45, 2.75) is 33.9 Å². The minimum absolute atomic E-state index is 0.113. The van der Waals surface area contributed by atoms with Gasteiger partial charge in [-0.15, -0.1) is 0 Å². The molecule has 0 aliphatic rings. The van der Waals surface area contributed by atoms with Crippen molar-refractivity contribution >= 4 is 11.8 Å². The van der Waals surface area contributed by atoms with Crippen LogP contribution in [-0.2, 0) is 22.7 Å². The van der Waals surface area contributed by atoms with Gasteiger partial charge in [0.15, 0.2) is 11.5 Å². The van der Waals surface area contributed by atoms with Gasteiger partial charge in [-0.3, -0.25) is 9.59 Å². The maximum absolute atomic E-state index is 12.4. The molecule has 2 amide bonds. The highest BCUT2D eigenvalue weighted by molar-refractivity contribution is 5.97. The number of carbonyl (C=O) groups excluding carboxylic acids is 2. The van der Waals surface area contributed by atoms with E-state index in [1.54, 1.807) is 18.2 Å². The third kappa shape index (κ3) is 7.40. The van der Waals surface area contributed by atoms with E-state index in [0.717, 1.165) is 11.1 Å². The van der Waals surface area contributed by atoms with E-state index >= 15 is 0 Å². The molecule has 2 N–H and O–H groups in total. The first-order valence-corrected chi connectivity index (χ1v) is 10.2. The molecule has 2 aromatic carbocycles. The molecule has 7 heteroatoms. The van der Waals surface area contributed by atoms with Crippen molar-refractivity contribution in [3.63, 3.8) is 0 Å². The Morgan fingerprint density at radius 1 is 0.800 bits per heavy atom. The molecular formula is C23H30N2O5. The molecule has 0 atom stereocenters. The van der Waals surface area contributed by atoms with Crippen LogP contribution in [0.1, 0.15) is 42.3 Å². The molecule has 0 saturated heterocycles. The number of carbonyl (C=O) groups is 2. The summed E-state index contributed by atoms with van der Waals surface area (Å²) in [5.74, 6) is 0.470. The SMILES string of the molecule is CCOCc1ccc(CNC(=O)CNC(=O)c2ccc(OCC)c(OCC)c2)cc1. The molecule has 162 valence electrons. The summed E-state index contributed by atoms with van der Waals surface area (Å²) in [4.78, 5) is 24.5. The quantitative estimate of drug-likeness (QED) is 0.558. The highest BCUT2D eigenvalue weighted by Gasteiger charge is 2.12. The lowest BCUT2D eigenvalue weighted by molar-refractivity contribution is -0.120. The number of ether oxygens (including phenoxy) is 3. The van der Waals surface area contributed by atoms with Crippen LogP contribution in [0.5, 0.6) is 11.5 Å². The number of nitrogens with one attached hydrogen (secondary N) is 2. The Labute approximate surface area is 177 Å². The van der Waals surface area contributed by atoms with Crippen molar-refractivity contribution in [2.24, 2.45) is 0 Å². The highest BCUT2D eigenvalue weighted by Crippen LogP contribution is 2.28. The third-order valence-electron chi connectivity index (χ3n) is 4.20. The van der Waals surface area contributed by atoms with Gasteiger partial charge in [-0.2, -0.15) is 0 Å². The largest absolute Gasteiger partial charge is 0.490 e. The van der Waals surface area contributed by atoms with E-state index in [2.05, 4.69) is 10.6 Å². The highest BCUT2D eigenvalue weighted by atomic mass is 16.5. The molecule has 7 nitrogen and oxygen atoms in total. The van der Waals surface area contributed by atoms with Gasteiger partial charge in [0, 0.05) is 18.7 Å². The fourth-order valence-electron chi connectivity index (χ4n) is 2.69. The number of rotatable bonds is 12. The summed E-state index contributed by atoms with van der Waals surface area (Å²) in [6.07, 6.45) is 0. The lowest BCUT2D eigenvalue weighted by Crippen LogP contribution is -2.36. The molecule has 0 aliphatic heterocycles. The third-order valence-corrected chi connectivity index (χ3v) is 4.20. The zero-order valence-electron chi connectivity index (χ0n) is 17.8. The van der Waals surface area contributed by atoms with E-state index in [1.807, 2.05) is 45.0 Å². The summed E-state index contributed by atoms with van der Waals surface area (Å²) in [7, 11) is 0. The van der Waals surface area contributed by atoms with Crippen LogP contribution in [0.25, 0.3) is 0 Å². The summed E-state index contributed by atoms with van der Waals surface area (Å²) in [6.45, 7) is 8.18. The van der Waals surface area contributed by atoms with Crippen LogP contribution in [0.3, 0.4) is 0 Å². The monoisotopic (exact) mass is 414 g/mol. The van der Waals surface area contributed by atoms with Crippen LogP contribution < -0.4 is 20.1 Å². The van der Waals surface area contributed by atoms with Crippen molar-refractivity contribution in [3.8, 4) is 11.5 Å². The summed E-state index contributed by atoms with van der Waals surface area (Å²) in [5.41, 5.74) is 2.46. The van der Waals surface area contributed by atoms with E-state index in [9.17, 15) is 9.59 Å². The average Bonchev–Trinajstić information content (AvgIpc) is 2.76. The summed E-state index contributed by atoms with van der Waals surface area (Å²) >= 11 is 0. The predicted molar refractivity (Wildman–Crippen MR) is 115 cm³/mol. The van der Waals surface area contributed by atoms with Crippen molar-refractivity contribution in [2.75, 3.05) is 26.4 Å². The minimum atomic E-state index is -0.352. The summed E-state index contributed by atoms with van der Waals surface area (Å²) in [5, 5.41) is 5.42. The van der Waals surface area contributed by atoms with Gasteiger partial charge >= 0.3 is 0 Å². The van der Waals surface area contributed by atoms with Crippen molar-refractivity contribution < 1.29 is 23.8 Å². The Bertz CT molecular complexity index is 821. The second-order valence-electron chi connectivity index (χ2n) is 6.44. The topological polar surface area (TPSA) is 85.9 Å². The van der Waals surface area contributed by atoms with E-state index in [-0.39, 0.29) is 18.4 Å². The first-order chi connectivity index (χ1) is 14.6. The molecule has 0 aliphatic carbocycles. The zero-order chi connectivity index (χ0) is 21.8. The summed E-state index contributed by atoms with van der Waals surface area (Å²) in [6, 6.07) is 12.8. The standard InChI is InChI=1S/C23H30N2O5/c1-4-28-16-18-9-7-17(8-10-18)14-24-22(26)15-25-23(27)19-11-12-20(29-5-2)21(13-19)30-6-3/h7-13H,4-6,14-16H2,1-3H3,(H,24,26)(H,25,27). The second kappa shape index (κ2) is 12.5. The van der Waals surface area contributed by atoms with Gasteiger partial charge in [0.2, 0.25) is 5.91 Å². The van der Waals surface area contributed by atoms with Gasteiger partial charge in [-0.25, -0.2) is 0 Å². The minimum Gasteiger partial charge on any atom is -0.490 e. The molecule has 0 saturated carbocycles. The molecule has 0 spiro atoms. The van der Waals surface area contributed by atoms with Crippen LogP contribution >= 0.6 is 0 Å². The van der Waals surface area contributed by atoms with Gasteiger partial charge < -0.3 is 24.8 Å². The van der Waals surface area contributed by atoms with Gasteiger partial charge in [0.05, 0.1) is 26.4 Å². The number of amides is 2. The molecule has 30 heavy (non-hydrogen) atoms. The molecule has 2 aromatic rings. The predicted octanol–water partition coefficient (Wildman–Crippen LogP) is 3.07. The van der Waals surface area contributed by atoms with E-state index in [4.69, 9.17) is 14.2 Å². The first-order valence-electron chi connectivity index (χ1n) is 10.2. The van der Waals surface area contributed by atoms with E-state index in [0.29, 0.717) is 50.0 Å². The van der Waals surface area contributed by atoms with Crippen molar-refractivity contribution in [1.29, 1.82) is 0 Å². The fraction of sp³-hybridized carbons (Fsp3) is 0.391. The normalized spacial score (nSPS) is 10.4. The smallest absolute Gasteiger partial charge is 0.251 e. The Hall–Kier alpha value is -3.06. The van der Waals surface area contributed by atoms with Crippen LogP contribution in [0.2, 0.25) is 0 Å². The molecule has 0 bridgehead atoms. The molecule has 0 aromatic heterocycles. The van der Waals surface area contributed by atoms with Gasteiger partial charge in [-0.1, -0.05) is 24.3 Å². The Morgan fingerprint density at radius 3 is 2.13 bits per heavy atom. The maximum atomic E-state index is 12.4. The molecule has 0 unspecified atom stereocenters. The lowest BCUT2D eigenvalue weighted by atomic mass is 10.1. The fourth-order valence-corrected chi connectivity index (χ4v) is 2.69. The Kier molecular flexibility index (Phi) is 9.67. The molecule has 2 rings (SSSR count). The van der Waals surface area contributed by atoms with Gasteiger partial charge in [-0.05, 0) is 50.1 Å². The van der Waals surface area contributed by atoms with Gasteiger partial charge in [0.25, 0.3) is 5.91 Å². The van der Waals surface area contributed by atoms with Crippen LogP contribution in [0.15, 0.2) is 42.5 Å². The maximum Gasteiger partial charge on any atom is 0.251 e. The molecular weight excluding hydrogens is 384 g/mol. The Morgan fingerprint density at radius 2 is 1.47 bits per heavy atom. The summed E-state index contributed by atoms with van der Waals surface area (Å²) < 4.78 is 16.4. The zero-order valence-corrected chi connectivity index (χ0v) is 17.8. The van der Waals surface area contributed by atoms with Crippen LogP contribution in [-0.4, -0.2) is 38.2 Å². The first kappa shape index (κ1) is 23.2. The second-order valence-corrected chi connectivity index (χ2v) is 6.44. The lowest BCUT2D eigenvalue weighted by Gasteiger charge is -2.12. The molecule has 0 radical (unpaired) electrons. The van der Waals surface area contributed by atoms with E-state index < -0.39 is 0 Å². The van der Waals surface area contributed by atoms with Crippen molar-refractivity contribution in [1.82, 2.24) is 10.6 Å². The van der Waals surface area contributed by atoms with Crippen LogP contribution in [0.4, 0.5) is 0 Å². The average molecular weight is 415 g/mol. The molecule has 0 fully saturated rings. The number of hydrogen-bond acceptors (Lipinski definition) is 5. The van der Waals surface area contributed by atoms with Gasteiger partial charge in [0.1, 0.15) is 0 Å². The Balaban J connectivity index is 1.82. The number of benzene rings is 2. The van der Waals surface area contributed by atoms with Crippen molar-refractivity contribution in [3.05, 3.63) is 59.2 Å². The molecule has 0 heterocycles. The van der Waals surface area contributed by atoms with Crippen LogP contribution in [0, 0.1) is 0 Å². The number of hydrogen-bond donors (Lipinski definition) is 2. The van der Waals surface area contributed by atoms with E-state index in [1.165, 1.54) is 0 Å².